The minimum atomic E-state index is -0.273. The molecule has 0 aromatic heterocycles. The number of rotatable bonds is 4. The molecule has 0 radical (unpaired) electrons. The molecule has 0 aliphatic heterocycles. The molecule has 0 aliphatic rings. The Morgan fingerprint density at radius 2 is 2.22 bits per heavy atom. The Kier molecular flexibility index (Phi) is 4.41. The molecule has 0 unspecified atom stereocenters. The van der Waals surface area contributed by atoms with E-state index >= 15 is 0 Å². The van der Waals surface area contributed by atoms with Crippen LogP contribution in [-0.4, -0.2) is 11.2 Å². The van der Waals surface area contributed by atoms with Crippen molar-refractivity contribution in [2.24, 2.45) is 0 Å². The summed E-state index contributed by atoms with van der Waals surface area (Å²) >= 11 is 0. The monoisotopic (exact) mass is 128 g/mol. The maximum absolute atomic E-state index is 9.16. The van der Waals surface area contributed by atoms with Crippen LogP contribution in [0.3, 0.4) is 0 Å². The summed E-state index contributed by atoms with van der Waals surface area (Å²) in [4.78, 5) is 0. The van der Waals surface area contributed by atoms with Crippen LogP contribution in [0, 0.1) is 0 Å². The second kappa shape index (κ2) is 4.57. The number of hydrogen-bond acceptors (Lipinski definition) is 1. The van der Waals surface area contributed by atoms with E-state index in [-0.39, 0.29) is 6.10 Å². The van der Waals surface area contributed by atoms with Gasteiger partial charge in [0.15, 0.2) is 0 Å². The molecule has 0 heterocycles. The summed E-state index contributed by atoms with van der Waals surface area (Å²) in [5.41, 5.74) is 0.878. The Bertz CT molecular complexity index is 86.6. The van der Waals surface area contributed by atoms with Gasteiger partial charge >= 0.3 is 0 Å². The van der Waals surface area contributed by atoms with E-state index in [4.69, 9.17) is 5.11 Å². The third kappa shape index (κ3) is 4.22. The fourth-order valence-electron chi connectivity index (χ4n) is 0.644. The van der Waals surface area contributed by atoms with Gasteiger partial charge in [0.25, 0.3) is 0 Å². The predicted octanol–water partition coefficient (Wildman–Crippen LogP) is 2.11. The first-order valence-corrected chi connectivity index (χ1v) is 3.52. The van der Waals surface area contributed by atoms with Crippen molar-refractivity contribution in [1.29, 1.82) is 0 Å². The molecule has 0 aromatic rings. The number of aliphatic hydroxyl groups is 1. The van der Waals surface area contributed by atoms with Crippen LogP contribution in [0.15, 0.2) is 12.2 Å². The summed E-state index contributed by atoms with van der Waals surface area (Å²) in [6.07, 6.45) is 2.83. The maximum atomic E-state index is 9.16. The Labute approximate surface area is 57.4 Å². The summed E-state index contributed by atoms with van der Waals surface area (Å²) in [5, 5.41) is 9.16. The van der Waals surface area contributed by atoms with Crippen molar-refractivity contribution in [3.63, 3.8) is 0 Å². The zero-order valence-corrected chi connectivity index (χ0v) is 6.35. The Hall–Kier alpha value is -0.300. The first-order valence-electron chi connectivity index (χ1n) is 3.52. The molecule has 0 bridgehead atoms. The number of aliphatic hydroxyl groups excluding tert-OH is 1. The first-order chi connectivity index (χ1) is 4.18. The Balaban J connectivity index is 3.27. The smallest absolute Gasteiger partial charge is 0.0744 e. The average molecular weight is 128 g/mol. The molecule has 0 amide bonds. The highest BCUT2D eigenvalue weighted by molar-refractivity contribution is 4.95. The quantitative estimate of drug-likeness (QED) is 0.575. The first kappa shape index (κ1) is 8.70. The van der Waals surface area contributed by atoms with Crippen LogP contribution in [0.1, 0.15) is 33.1 Å². The van der Waals surface area contributed by atoms with Gasteiger partial charge < -0.3 is 5.11 Å². The van der Waals surface area contributed by atoms with E-state index < -0.39 is 0 Å². The van der Waals surface area contributed by atoms with Gasteiger partial charge in [-0.25, -0.2) is 0 Å². The van der Waals surface area contributed by atoms with Crippen molar-refractivity contribution in [1.82, 2.24) is 0 Å². The zero-order chi connectivity index (χ0) is 7.28. The van der Waals surface area contributed by atoms with E-state index in [9.17, 15) is 0 Å². The van der Waals surface area contributed by atoms with Crippen molar-refractivity contribution >= 4 is 0 Å². The van der Waals surface area contributed by atoms with Crippen LogP contribution in [0.4, 0.5) is 0 Å². The lowest BCUT2D eigenvalue weighted by Crippen LogP contribution is -2.05. The summed E-state index contributed by atoms with van der Waals surface area (Å²) in [6, 6.07) is 0. The normalized spacial score (nSPS) is 13.2. The second-order valence-corrected chi connectivity index (χ2v) is 2.50. The van der Waals surface area contributed by atoms with Gasteiger partial charge in [-0.05, 0) is 13.3 Å². The lowest BCUT2D eigenvalue weighted by Gasteiger charge is -2.07. The summed E-state index contributed by atoms with van der Waals surface area (Å²) in [5.74, 6) is 0. The molecule has 9 heavy (non-hydrogen) atoms. The SMILES string of the molecule is C=C(C)[C@@H](O)CCCC. The minimum Gasteiger partial charge on any atom is -0.389 e. The molecule has 0 rings (SSSR count). The zero-order valence-electron chi connectivity index (χ0n) is 6.35. The third-order valence-corrected chi connectivity index (χ3v) is 1.40. The molecule has 1 atom stereocenters. The average Bonchev–Trinajstić information content (AvgIpc) is 1.82. The highest BCUT2D eigenvalue weighted by atomic mass is 16.3. The van der Waals surface area contributed by atoms with Crippen molar-refractivity contribution in [3.8, 4) is 0 Å². The highest BCUT2D eigenvalue weighted by Crippen LogP contribution is 2.06. The van der Waals surface area contributed by atoms with E-state index in [0.717, 1.165) is 24.8 Å². The summed E-state index contributed by atoms with van der Waals surface area (Å²) in [7, 11) is 0. The van der Waals surface area contributed by atoms with Crippen molar-refractivity contribution in [2.75, 3.05) is 0 Å². The van der Waals surface area contributed by atoms with Gasteiger partial charge in [-0.1, -0.05) is 31.9 Å². The predicted molar refractivity (Wildman–Crippen MR) is 40.3 cm³/mol. The summed E-state index contributed by atoms with van der Waals surface area (Å²) < 4.78 is 0. The second-order valence-electron chi connectivity index (χ2n) is 2.50. The van der Waals surface area contributed by atoms with Gasteiger partial charge in [0.05, 0.1) is 6.10 Å². The molecule has 0 aromatic carbocycles. The van der Waals surface area contributed by atoms with E-state index in [1.165, 1.54) is 0 Å². The van der Waals surface area contributed by atoms with Crippen molar-refractivity contribution in [3.05, 3.63) is 12.2 Å². The van der Waals surface area contributed by atoms with E-state index in [1.807, 2.05) is 6.92 Å². The molecule has 54 valence electrons. The Morgan fingerprint density at radius 3 is 2.56 bits per heavy atom. The molecule has 0 spiro atoms. The standard InChI is InChI=1S/C8H16O/c1-4-5-6-8(9)7(2)3/h8-9H,2,4-6H2,1,3H3/t8-/m0/s1. The molecule has 0 saturated carbocycles. The molecule has 1 N–H and O–H groups in total. The fraction of sp³-hybridized carbons (Fsp3) is 0.750. The van der Waals surface area contributed by atoms with Gasteiger partial charge in [0.2, 0.25) is 0 Å². The highest BCUT2D eigenvalue weighted by Gasteiger charge is 2.01. The van der Waals surface area contributed by atoms with Gasteiger partial charge in [-0.3, -0.25) is 0 Å². The van der Waals surface area contributed by atoms with Gasteiger partial charge in [0, 0.05) is 0 Å². The third-order valence-electron chi connectivity index (χ3n) is 1.40. The van der Waals surface area contributed by atoms with Crippen LogP contribution in [0.2, 0.25) is 0 Å². The maximum Gasteiger partial charge on any atom is 0.0744 e. The van der Waals surface area contributed by atoms with Gasteiger partial charge in [-0.15, -0.1) is 0 Å². The Morgan fingerprint density at radius 1 is 1.67 bits per heavy atom. The van der Waals surface area contributed by atoms with Crippen LogP contribution < -0.4 is 0 Å². The summed E-state index contributed by atoms with van der Waals surface area (Å²) in [6.45, 7) is 7.64. The largest absolute Gasteiger partial charge is 0.389 e. The van der Waals surface area contributed by atoms with E-state index in [1.54, 1.807) is 0 Å². The number of unbranched alkanes of at least 4 members (excludes halogenated alkanes) is 1. The lowest BCUT2D eigenvalue weighted by atomic mass is 10.1. The molecule has 1 heteroatoms. The molecular formula is C8H16O. The van der Waals surface area contributed by atoms with Gasteiger partial charge in [0.1, 0.15) is 0 Å². The molecule has 1 nitrogen and oxygen atoms in total. The number of hydrogen-bond donors (Lipinski definition) is 1. The van der Waals surface area contributed by atoms with Crippen LogP contribution >= 0.6 is 0 Å². The van der Waals surface area contributed by atoms with E-state index in [0.29, 0.717) is 0 Å². The molecule has 0 fully saturated rings. The van der Waals surface area contributed by atoms with Crippen molar-refractivity contribution < 1.29 is 5.11 Å². The fourth-order valence-corrected chi connectivity index (χ4v) is 0.644. The van der Waals surface area contributed by atoms with Crippen molar-refractivity contribution in [2.45, 2.75) is 39.2 Å². The lowest BCUT2D eigenvalue weighted by molar-refractivity contribution is 0.197. The molecule has 0 saturated heterocycles. The van der Waals surface area contributed by atoms with Gasteiger partial charge in [-0.2, -0.15) is 0 Å². The van der Waals surface area contributed by atoms with Crippen LogP contribution in [0.25, 0.3) is 0 Å². The molecule has 0 aliphatic carbocycles. The van der Waals surface area contributed by atoms with Crippen LogP contribution in [-0.2, 0) is 0 Å². The van der Waals surface area contributed by atoms with Crippen LogP contribution in [0.5, 0.6) is 0 Å². The topological polar surface area (TPSA) is 20.2 Å². The minimum absolute atomic E-state index is 0.273. The molecular weight excluding hydrogens is 112 g/mol. The van der Waals surface area contributed by atoms with E-state index in [2.05, 4.69) is 13.5 Å².